The van der Waals surface area contributed by atoms with E-state index in [1.54, 1.807) is 0 Å². The Hall–Kier alpha value is -0.940. The quantitative estimate of drug-likeness (QED) is 0.443. The summed E-state index contributed by atoms with van der Waals surface area (Å²) in [5.74, 6) is -0.362. The average molecular weight is 217 g/mol. The van der Waals surface area contributed by atoms with Gasteiger partial charge in [0.25, 0.3) is 0 Å². The molecule has 0 heterocycles. The molecular weight excluding hydrogens is 198 g/mol. The number of Topliss-reactive ketones (excluding diaryl/α,β-unsaturated/α-hetero) is 1. The van der Waals surface area contributed by atoms with Crippen LogP contribution in [0.2, 0.25) is 0 Å². The average Bonchev–Trinajstić information content (AvgIpc) is 2.20. The first-order valence-corrected chi connectivity index (χ1v) is 5.09. The first kappa shape index (κ1) is 14.1. The van der Waals surface area contributed by atoms with Crippen LogP contribution in [0.15, 0.2) is 0 Å². The number of carbonyl (C=O) groups excluding carboxylic acids is 2. The third kappa shape index (κ3) is 11.0. The predicted octanol–water partition coefficient (Wildman–Crippen LogP) is 0.264. The predicted molar refractivity (Wildman–Crippen MR) is 55.4 cm³/mol. The van der Waals surface area contributed by atoms with Gasteiger partial charge in [0.15, 0.2) is 0 Å². The lowest BCUT2D eigenvalue weighted by Gasteiger charge is -2.04. The van der Waals surface area contributed by atoms with E-state index in [2.05, 4.69) is 0 Å². The highest BCUT2D eigenvalue weighted by Gasteiger charge is 2.04. The topological polar surface area (TPSA) is 78.6 Å². The molecular formula is C10H19NO4. The second-order valence-corrected chi connectivity index (χ2v) is 3.18. The van der Waals surface area contributed by atoms with Crippen molar-refractivity contribution >= 4 is 11.8 Å². The summed E-state index contributed by atoms with van der Waals surface area (Å²) < 4.78 is 9.95. The van der Waals surface area contributed by atoms with Crippen molar-refractivity contribution in [2.75, 3.05) is 26.4 Å². The molecule has 0 saturated carbocycles. The molecule has 5 nitrogen and oxygen atoms in total. The Morgan fingerprint density at radius 2 is 1.87 bits per heavy atom. The molecule has 0 aliphatic rings. The normalized spacial score (nSPS) is 10.0. The van der Waals surface area contributed by atoms with Crippen LogP contribution >= 0.6 is 0 Å². The summed E-state index contributed by atoms with van der Waals surface area (Å²) in [5, 5.41) is 0. The van der Waals surface area contributed by atoms with Crippen molar-refractivity contribution in [3.63, 3.8) is 0 Å². The number of rotatable bonds is 9. The first-order valence-electron chi connectivity index (χ1n) is 5.09. The smallest absolute Gasteiger partial charge is 0.306 e. The zero-order valence-electron chi connectivity index (χ0n) is 9.16. The molecule has 0 radical (unpaired) electrons. The standard InChI is InChI=1S/C10H19NO4/c1-9(12)3-4-10(13)15-8-7-14-6-2-5-11/h2-8,11H2,1H3. The molecule has 15 heavy (non-hydrogen) atoms. The van der Waals surface area contributed by atoms with Gasteiger partial charge in [0.2, 0.25) is 0 Å². The Kier molecular flexibility index (Phi) is 9.01. The lowest BCUT2D eigenvalue weighted by molar-refractivity contribution is -0.146. The summed E-state index contributed by atoms with van der Waals surface area (Å²) in [4.78, 5) is 21.5. The number of hydrogen-bond acceptors (Lipinski definition) is 5. The van der Waals surface area contributed by atoms with Crippen LogP contribution in [0.5, 0.6) is 0 Å². The van der Waals surface area contributed by atoms with Gasteiger partial charge in [-0.05, 0) is 19.9 Å². The van der Waals surface area contributed by atoms with E-state index in [0.717, 1.165) is 6.42 Å². The van der Waals surface area contributed by atoms with Crippen molar-refractivity contribution in [1.82, 2.24) is 0 Å². The molecule has 0 saturated heterocycles. The van der Waals surface area contributed by atoms with Crippen LogP contribution in [0, 0.1) is 0 Å². The lowest BCUT2D eigenvalue weighted by atomic mass is 10.2. The van der Waals surface area contributed by atoms with Crippen LogP contribution in [0.3, 0.4) is 0 Å². The highest BCUT2D eigenvalue weighted by molar-refractivity contribution is 5.80. The summed E-state index contributed by atoms with van der Waals surface area (Å²) in [6.45, 7) is 3.25. The van der Waals surface area contributed by atoms with Gasteiger partial charge in [0.05, 0.1) is 13.0 Å². The molecule has 5 heteroatoms. The molecule has 0 aliphatic carbocycles. The Labute approximate surface area is 89.9 Å². The lowest BCUT2D eigenvalue weighted by Crippen LogP contribution is -2.12. The molecule has 0 bridgehead atoms. The van der Waals surface area contributed by atoms with Gasteiger partial charge in [-0.15, -0.1) is 0 Å². The summed E-state index contributed by atoms with van der Waals surface area (Å²) in [5.41, 5.74) is 5.26. The maximum absolute atomic E-state index is 11.0. The van der Waals surface area contributed by atoms with E-state index in [0.29, 0.717) is 19.8 Å². The van der Waals surface area contributed by atoms with E-state index >= 15 is 0 Å². The fraction of sp³-hybridized carbons (Fsp3) is 0.800. The Balaban J connectivity index is 3.20. The molecule has 0 unspecified atom stereocenters. The van der Waals surface area contributed by atoms with Crippen molar-refractivity contribution in [2.45, 2.75) is 26.2 Å². The minimum absolute atomic E-state index is 0.00820. The highest BCUT2D eigenvalue weighted by atomic mass is 16.6. The fourth-order valence-corrected chi connectivity index (χ4v) is 0.852. The SMILES string of the molecule is CC(=O)CCC(=O)OCCOCCCN. The number of esters is 1. The van der Waals surface area contributed by atoms with E-state index in [1.807, 2.05) is 0 Å². The minimum Gasteiger partial charge on any atom is -0.463 e. The number of hydrogen-bond donors (Lipinski definition) is 1. The van der Waals surface area contributed by atoms with Gasteiger partial charge < -0.3 is 20.0 Å². The molecule has 2 N–H and O–H groups in total. The third-order valence-electron chi connectivity index (χ3n) is 1.66. The summed E-state index contributed by atoms with van der Waals surface area (Å²) in [6, 6.07) is 0. The van der Waals surface area contributed by atoms with Crippen LogP contribution in [-0.2, 0) is 19.1 Å². The summed E-state index contributed by atoms with van der Waals surface area (Å²) in [6.07, 6.45) is 1.20. The molecule has 0 rings (SSSR count). The van der Waals surface area contributed by atoms with Crippen molar-refractivity contribution in [1.29, 1.82) is 0 Å². The van der Waals surface area contributed by atoms with Gasteiger partial charge in [0, 0.05) is 13.0 Å². The van der Waals surface area contributed by atoms with Crippen molar-refractivity contribution < 1.29 is 19.1 Å². The molecule has 0 aromatic carbocycles. The molecule has 0 atom stereocenters. The fourth-order valence-electron chi connectivity index (χ4n) is 0.852. The van der Waals surface area contributed by atoms with Gasteiger partial charge in [0.1, 0.15) is 12.4 Å². The molecule has 0 aromatic heterocycles. The Bertz CT molecular complexity index is 194. The second kappa shape index (κ2) is 9.61. The third-order valence-corrected chi connectivity index (χ3v) is 1.66. The first-order chi connectivity index (χ1) is 7.16. The summed E-state index contributed by atoms with van der Waals surface area (Å²) >= 11 is 0. The van der Waals surface area contributed by atoms with Gasteiger partial charge in [-0.1, -0.05) is 0 Å². The number of nitrogens with two attached hydrogens (primary N) is 1. The Morgan fingerprint density at radius 1 is 1.13 bits per heavy atom. The van der Waals surface area contributed by atoms with Gasteiger partial charge in [-0.3, -0.25) is 4.79 Å². The zero-order valence-corrected chi connectivity index (χ0v) is 9.16. The molecule has 0 spiro atoms. The van der Waals surface area contributed by atoms with E-state index < -0.39 is 0 Å². The largest absolute Gasteiger partial charge is 0.463 e. The van der Waals surface area contributed by atoms with Crippen LogP contribution in [0.1, 0.15) is 26.2 Å². The van der Waals surface area contributed by atoms with Gasteiger partial charge in [-0.25, -0.2) is 0 Å². The molecule has 0 amide bonds. The number of carbonyl (C=O) groups is 2. The van der Waals surface area contributed by atoms with Crippen molar-refractivity contribution in [2.24, 2.45) is 5.73 Å². The van der Waals surface area contributed by atoms with Crippen LogP contribution in [0.25, 0.3) is 0 Å². The second-order valence-electron chi connectivity index (χ2n) is 3.18. The van der Waals surface area contributed by atoms with Crippen LogP contribution < -0.4 is 5.73 Å². The monoisotopic (exact) mass is 217 g/mol. The van der Waals surface area contributed by atoms with E-state index in [-0.39, 0.29) is 31.2 Å². The Morgan fingerprint density at radius 3 is 2.47 bits per heavy atom. The zero-order chi connectivity index (χ0) is 11.5. The number of ether oxygens (including phenoxy) is 2. The molecule has 88 valence electrons. The number of ketones is 1. The van der Waals surface area contributed by atoms with E-state index in [1.165, 1.54) is 6.92 Å². The van der Waals surface area contributed by atoms with Gasteiger partial charge in [-0.2, -0.15) is 0 Å². The van der Waals surface area contributed by atoms with E-state index in [9.17, 15) is 9.59 Å². The maximum atomic E-state index is 11.0. The maximum Gasteiger partial charge on any atom is 0.306 e. The van der Waals surface area contributed by atoms with Crippen LogP contribution in [0.4, 0.5) is 0 Å². The molecule has 0 fully saturated rings. The molecule has 0 aliphatic heterocycles. The van der Waals surface area contributed by atoms with Crippen LogP contribution in [-0.4, -0.2) is 38.1 Å². The van der Waals surface area contributed by atoms with E-state index in [4.69, 9.17) is 15.2 Å². The highest BCUT2D eigenvalue weighted by Crippen LogP contribution is 1.93. The van der Waals surface area contributed by atoms with Crippen molar-refractivity contribution in [3.8, 4) is 0 Å². The summed E-state index contributed by atoms with van der Waals surface area (Å²) in [7, 11) is 0. The minimum atomic E-state index is -0.354. The molecule has 0 aromatic rings. The van der Waals surface area contributed by atoms with Crippen molar-refractivity contribution in [3.05, 3.63) is 0 Å². The van der Waals surface area contributed by atoms with Gasteiger partial charge >= 0.3 is 5.97 Å².